The van der Waals surface area contributed by atoms with Gasteiger partial charge in [0, 0.05) is 5.56 Å². The molecular formula is C27H25F3O. The average Bonchev–Trinajstić information content (AvgIpc) is 2.79. The molecule has 0 heterocycles. The van der Waals surface area contributed by atoms with E-state index in [1.54, 1.807) is 30.3 Å². The second-order valence-electron chi connectivity index (χ2n) is 8.21. The van der Waals surface area contributed by atoms with Crippen molar-refractivity contribution in [3.8, 4) is 28.0 Å². The molecule has 0 aliphatic heterocycles. The van der Waals surface area contributed by atoms with Crippen LogP contribution in [0.3, 0.4) is 0 Å². The van der Waals surface area contributed by atoms with Crippen LogP contribution in [0, 0.1) is 23.4 Å². The number of phenols is 1. The Morgan fingerprint density at radius 3 is 2.06 bits per heavy atom. The molecule has 1 N–H and O–H groups in total. The van der Waals surface area contributed by atoms with Crippen molar-refractivity contribution in [2.24, 2.45) is 5.92 Å². The van der Waals surface area contributed by atoms with E-state index < -0.39 is 17.4 Å². The van der Waals surface area contributed by atoms with Crippen molar-refractivity contribution in [2.75, 3.05) is 0 Å². The van der Waals surface area contributed by atoms with Crippen LogP contribution >= 0.6 is 0 Å². The highest BCUT2D eigenvalue weighted by atomic mass is 19.2. The molecule has 4 heteroatoms. The Morgan fingerprint density at radius 1 is 0.774 bits per heavy atom. The third-order valence-corrected chi connectivity index (χ3v) is 6.27. The Kier molecular flexibility index (Phi) is 6.17. The van der Waals surface area contributed by atoms with Crippen LogP contribution in [0.2, 0.25) is 0 Å². The molecule has 0 spiro atoms. The third kappa shape index (κ3) is 4.39. The normalized spacial score (nSPS) is 19.1. The molecule has 1 saturated carbocycles. The zero-order chi connectivity index (χ0) is 22.0. The summed E-state index contributed by atoms with van der Waals surface area (Å²) < 4.78 is 42.7. The number of phenolic OH excluding ortho intramolecular Hbond substituents is 1. The molecule has 3 aromatic rings. The maximum atomic E-state index is 14.9. The van der Waals surface area contributed by atoms with E-state index in [9.17, 15) is 18.3 Å². The van der Waals surface area contributed by atoms with Gasteiger partial charge >= 0.3 is 0 Å². The number of allylic oxidation sites excluding steroid dienone is 2. The van der Waals surface area contributed by atoms with E-state index in [1.165, 1.54) is 6.07 Å². The third-order valence-electron chi connectivity index (χ3n) is 6.27. The van der Waals surface area contributed by atoms with Gasteiger partial charge < -0.3 is 5.11 Å². The summed E-state index contributed by atoms with van der Waals surface area (Å²) in [5.74, 6) is -2.41. The average molecular weight is 422 g/mol. The minimum atomic E-state index is -1.26. The lowest BCUT2D eigenvalue weighted by Crippen LogP contribution is -2.12. The van der Waals surface area contributed by atoms with E-state index in [-0.39, 0.29) is 17.3 Å². The summed E-state index contributed by atoms with van der Waals surface area (Å²) in [6.07, 6.45) is 8.51. The van der Waals surface area contributed by atoms with Gasteiger partial charge in [0.15, 0.2) is 11.6 Å². The van der Waals surface area contributed by atoms with Gasteiger partial charge in [-0.1, -0.05) is 48.6 Å². The molecule has 0 atom stereocenters. The first kappa shape index (κ1) is 21.2. The second kappa shape index (κ2) is 9.01. The van der Waals surface area contributed by atoms with Gasteiger partial charge in [0.2, 0.25) is 5.82 Å². The summed E-state index contributed by atoms with van der Waals surface area (Å²) in [6.45, 7) is 2.04. The summed E-state index contributed by atoms with van der Waals surface area (Å²) in [4.78, 5) is 0. The van der Waals surface area contributed by atoms with Crippen molar-refractivity contribution in [3.05, 3.63) is 89.8 Å². The number of hydrogen-bond donors (Lipinski definition) is 1. The van der Waals surface area contributed by atoms with Crippen LogP contribution in [0.25, 0.3) is 22.3 Å². The number of aromatic hydroxyl groups is 1. The molecule has 1 nitrogen and oxygen atoms in total. The fourth-order valence-electron chi connectivity index (χ4n) is 4.54. The van der Waals surface area contributed by atoms with Gasteiger partial charge in [-0.15, -0.1) is 0 Å². The summed E-state index contributed by atoms with van der Waals surface area (Å²) >= 11 is 0. The predicted octanol–water partition coefficient (Wildman–Crippen LogP) is 7.99. The molecule has 0 amide bonds. The van der Waals surface area contributed by atoms with E-state index in [0.717, 1.165) is 48.4 Å². The van der Waals surface area contributed by atoms with Gasteiger partial charge in [-0.25, -0.2) is 8.78 Å². The maximum Gasteiger partial charge on any atom is 0.200 e. The highest BCUT2D eigenvalue weighted by Crippen LogP contribution is 2.38. The molecule has 3 aromatic carbocycles. The first-order valence-corrected chi connectivity index (χ1v) is 10.7. The van der Waals surface area contributed by atoms with Crippen LogP contribution in [-0.4, -0.2) is 5.11 Å². The minimum absolute atomic E-state index is 0.0666. The van der Waals surface area contributed by atoms with Crippen molar-refractivity contribution in [1.82, 2.24) is 0 Å². The Labute approximate surface area is 180 Å². The van der Waals surface area contributed by atoms with Crippen molar-refractivity contribution >= 4 is 0 Å². The fourth-order valence-corrected chi connectivity index (χ4v) is 4.54. The zero-order valence-electron chi connectivity index (χ0n) is 17.4. The maximum absolute atomic E-state index is 14.9. The lowest BCUT2D eigenvalue weighted by molar-refractivity contribution is 0.368. The van der Waals surface area contributed by atoms with E-state index >= 15 is 0 Å². The highest BCUT2D eigenvalue weighted by molar-refractivity contribution is 5.71. The molecular weight excluding hydrogens is 397 g/mol. The number of rotatable bonds is 4. The van der Waals surface area contributed by atoms with E-state index in [1.807, 2.05) is 19.1 Å². The summed E-state index contributed by atoms with van der Waals surface area (Å²) in [6, 6.07) is 14.7. The molecule has 1 aliphatic carbocycles. The van der Waals surface area contributed by atoms with Crippen LogP contribution in [0.4, 0.5) is 13.2 Å². The van der Waals surface area contributed by atoms with Gasteiger partial charge in [0.05, 0.1) is 0 Å². The molecule has 4 rings (SSSR count). The Bertz CT molecular complexity index is 1090. The Morgan fingerprint density at radius 2 is 1.42 bits per heavy atom. The van der Waals surface area contributed by atoms with Gasteiger partial charge in [-0.2, -0.15) is 4.39 Å². The molecule has 0 aromatic heterocycles. The molecule has 1 aliphatic rings. The standard InChI is InChI=1S/C27H25F3O/c1-2-3-17-4-6-19(7-5-17)22-13-12-21(16-24(22)28)18-8-10-20(11-9-18)23-14-15-25(31)27(30)26(23)29/h2-3,8-17,19,31H,4-7H2,1H3/b3-2+. The van der Waals surface area contributed by atoms with Gasteiger partial charge in [0.25, 0.3) is 0 Å². The van der Waals surface area contributed by atoms with Crippen molar-refractivity contribution in [1.29, 1.82) is 0 Å². The van der Waals surface area contributed by atoms with Gasteiger partial charge in [-0.3, -0.25) is 0 Å². The summed E-state index contributed by atoms with van der Waals surface area (Å²) in [7, 11) is 0. The molecule has 160 valence electrons. The number of benzene rings is 3. The Balaban J connectivity index is 1.53. The van der Waals surface area contributed by atoms with Gasteiger partial charge in [-0.05, 0) is 84.9 Å². The van der Waals surface area contributed by atoms with Crippen molar-refractivity contribution < 1.29 is 18.3 Å². The van der Waals surface area contributed by atoms with E-state index in [2.05, 4.69) is 12.2 Å². The Hall–Kier alpha value is -3.01. The summed E-state index contributed by atoms with van der Waals surface area (Å²) in [5, 5.41) is 9.29. The molecule has 31 heavy (non-hydrogen) atoms. The lowest BCUT2D eigenvalue weighted by atomic mass is 9.78. The number of hydrogen-bond acceptors (Lipinski definition) is 1. The monoisotopic (exact) mass is 422 g/mol. The summed E-state index contributed by atoms with van der Waals surface area (Å²) in [5.41, 5.74) is 2.87. The van der Waals surface area contributed by atoms with Crippen molar-refractivity contribution in [2.45, 2.75) is 38.5 Å². The molecule has 1 fully saturated rings. The van der Waals surface area contributed by atoms with Crippen molar-refractivity contribution in [3.63, 3.8) is 0 Å². The smallest absolute Gasteiger partial charge is 0.200 e. The topological polar surface area (TPSA) is 20.2 Å². The van der Waals surface area contributed by atoms with Crippen LogP contribution in [0.5, 0.6) is 5.75 Å². The fraction of sp³-hybridized carbons (Fsp3) is 0.259. The highest BCUT2D eigenvalue weighted by Gasteiger charge is 2.23. The largest absolute Gasteiger partial charge is 0.505 e. The van der Waals surface area contributed by atoms with E-state index in [4.69, 9.17) is 0 Å². The molecule has 0 radical (unpaired) electrons. The molecule has 0 unspecified atom stereocenters. The second-order valence-corrected chi connectivity index (χ2v) is 8.21. The molecule has 0 saturated heterocycles. The van der Waals surface area contributed by atoms with Crippen LogP contribution in [0.1, 0.15) is 44.1 Å². The molecule has 0 bridgehead atoms. The SMILES string of the molecule is C/C=C/C1CCC(c2ccc(-c3ccc(-c4ccc(O)c(F)c4F)cc3)cc2F)CC1. The van der Waals surface area contributed by atoms with Gasteiger partial charge in [0.1, 0.15) is 5.82 Å². The van der Waals surface area contributed by atoms with Crippen LogP contribution in [-0.2, 0) is 0 Å². The zero-order valence-corrected chi connectivity index (χ0v) is 17.4. The lowest BCUT2D eigenvalue weighted by Gasteiger charge is -2.27. The minimum Gasteiger partial charge on any atom is -0.505 e. The first-order valence-electron chi connectivity index (χ1n) is 10.7. The van der Waals surface area contributed by atoms with Crippen LogP contribution in [0.15, 0.2) is 66.7 Å². The quantitative estimate of drug-likeness (QED) is 0.422. The number of halogens is 3. The predicted molar refractivity (Wildman–Crippen MR) is 118 cm³/mol. The van der Waals surface area contributed by atoms with E-state index in [0.29, 0.717) is 11.5 Å². The first-order chi connectivity index (χ1) is 15.0. The van der Waals surface area contributed by atoms with Crippen LogP contribution < -0.4 is 0 Å².